The van der Waals surface area contributed by atoms with Gasteiger partial charge in [-0.3, -0.25) is 4.90 Å². The van der Waals surface area contributed by atoms with Gasteiger partial charge in [-0.25, -0.2) is 9.67 Å². The van der Waals surface area contributed by atoms with Crippen LogP contribution in [0.2, 0.25) is 0 Å². The summed E-state index contributed by atoms with van der Waals surface area (Å²) in [7, 11) is 0. The van der Waals surface area contributed by atoms with E-state index in [1.165, 1.54) is 5.56 Å². The van der Waals surface area contributed by atoms with E-state index in [0.29, 0.717) is 5.95 Å². The summed E-state index contributed by atoms with van der Waals surface area (Å²) in [5.74, 6) is 0.658. The maximum Gasteiger partial charge on any atom is 0.224 e. The van der Waals surface area contributed by atoms with Crippen LogP contribution < -0.4 is 5.32 Å². The predicted molar refractivity (Wildman–Crippen MR) is 134 cm³/mol. The summed E-state index contributed by atoms with van der Waals surface area (Å²) in [6.45, 7) is 7.58. The summed E-state index contributed by atoms with van der Waals surface area (Å²) in [6, 6.07) is 8.99. The second-order valence-corrected chi connectivity index (χ2v) is 9.55. The van der Waals surface area contributed by atoms with E-state index in [4.69, 9.17) is 14.8 Å². The van der Waals surface area contributed by atoms with Crippen LogP contribution in [0.25, 0.3) is 22.3 Å². The minimum atomic E-state index is -0.197. The van der Waals surface area contributed by atoms with Crippen LogP contribution in [0.3, 0.4) is 0 Å². The quantitative estimate of drug-likeness (QED) is 0.487. The fourth-order valence-electron chi connectivity index (χ4n) is 4.94. The van der Waals surface area contributed by atoms with Crippen LogP contribution in [0, 0.1) is 0 Å². The van der Waals surface area contributed by atoms with Crippen LogP contribution in [0.5, 0.6) is 0 Å². The molecule has 1 aliphatic heterocycles. The fraction of sp³-hybridized carbons (Fsp3) is 0.577. The first-order valence-electron chi connectivity index (χ1n) is 12.8. The summed E-state index contributed by atoms with van der Waals surface area (Å²) in [4.78, 5) is 11.9. The molecule has 2 N–H and O–H groups in total. The summed E-state index contributed by atoms with van der Waals surface area (Å²) in [5.41, 5.74) is 4.19. The van der Waals surface area contributed by atoms with Crippen molar-refractivity contribution < 1.29 is 9.84 Å². The Bertz CT molecular complexity index is 1070. The highest BCUT2D eigenvalue weighted by atomic mass is 16.5. The summed E-state index contributed by atoms with van der Waals surface area (Å²) >= 11 is 0. The third-order valence-corrected chi connectivity index (χ3v) is 7.01. The van der Waals surface area contributed by atoms with Crippen molar-refractivity contribution in [2.24, 2.45) is 0 Å². The lowest BCUT2D eigenvalue weighted by molar-refractivity contribution is 0.0342. The Hall–Kier alpha value is -2.55. The molecule has 0 spiro atoms. The summed E-state index contributed by atoms with van der Waals surface area (Å²) in [5, 5.41) is 19.4. The van der Waals surface area contributed by atoms with E-state index < -0.39 is 0 Å². The standard InChI is InChI=1S/C26H36N6O2/c1-2-3-12-27-26-28-17-23-24(30-32(25(23)29-26)21-8-10-22(33)11-9-21)20-6-4-19(5-7-20)18-31-13-15-34-16-14-31/h4-7,17,21-22,33H,2-3,8-16,18H2,1H3,(H,27,28,29). The van der Waals surface area contributed by atoms with Crippen molar-refractivity contribution in [3.63, 3.8) is 0 Å². The van der Waals surface area contributed by atoms with Crippen molar-refractivity contribution in [1.29, 1.82) is 0 Å². The van der Waals surface area contributed by atoms with Gasteiger partial charge >= 0.3 is 0 Å². The Morgan fingerprint density at radius 3 is 2.59 bits per heavy atom. The largest absolute Gasteiger partial charge is 0.393 e. The van der Waals surface area contributed by atoms with Gasteiger partial charge in [0, 0.05) is 37.9 Å². The minimum absolute atomic E-state index is 0.197. The van der Waals surface area contributed by atoms with Crippen molar-refractivity contribution in [3.8, 4) is 11.3 Å². The average Bonchev–Trinajstić information content (AvgIpc) is 3.25. The van der Waals surface area contributed by atoms with E-state index in [-0.39, 0.29) is 12.1 Å². The Morgan fingerprint density at radius 1 is 1.09 bits per heavy atom. The second kappa shape index (κ2) is 10.8. The number of ether oxygens (including phenoxy) is 1. The molecule has 8 heteroatoms. The van der Waals surface area contributed by atoms with Crippen LogP contribution in [0.1, 0.15) is 57.1 Å². The smallest absolute Gasteiger partial charge is 0.224 e. The van der Waals surface area contributed by atoms with Gasteiger partial charge in [-0.1, -0.05) is 37.6 Å². The number of hydrogen-bond donors (Lipinski definition) is 2. The van der Waals surface area contributed by atoms with Gasteiger partial charge in [-0.2, -0.15) is 10.1 Å². The molecule has 2 fully saturated rings. The van der Waals surface area contributed by atoms with Crippen molar-refractivity contribution >= 4 is 17.0 Å². The lowest BCUT2D eigenvalue weighted by atomic mass is 9.93. The number of aliphatic hydroxyl groups excluding tert-OH is 1. The van der Waals surface area contributed by atoms with Gasteiger partial charge in [0.1, 0.15) is 5.69 Å². The molecule has 182 valence electrons. The zero-order chi connectivity index (χ0) is 23.3. The van der Waals surface area contributed by atoms with Gasteiger partial charge in [0.2, 0.25) is 5.95 Å². The highest BCUT2D eigenvalue weighted by Gasteiger charge is 2.25. The van der Waals surface area contributed by atoms with Crippen molar-refractivity contribution in [1.82, 2.24) is 24.6 Å². The van der Waals surface area contributed by atoms with Crippen LogP contribution in [0.15, 0.2) is 30.5 Å². The van der Waals surface area contributed by atoms with Gasteiger partial charge in [0.15, 0.2) is 5.65 Å². The SMILES string of the molecule is CCCCNc1ncc2c(-c3ccc(CN4CCOCC4)cc3)nn(C3CCC(O)CC3)c2n1. The van der Waals surface area contributed by atoms with E-state index in [1.807, 2.05) is 6.20 Å². The molecule has 5 rings (SSSR count). The topological polar surface area (TPSA) is 88.3 Å². The summed E-state index contributed by atoms with van der Waals surface area (Å²) < 4.78 is 7.55. The van der Waals surface area contributed by atoms with Gasteiger partial charge < -0.3 is 15.2 Å². The second-order valence-electron chi connectivity index (χ2n) is 9.55. The molecular formula is C26H36N6O2. The highest BCUT2D eigenvalue weighted by molar-refractivity contribution is 5.91. The number of benzene rings is 1. The number of fused-ring (bicyclic) bond motifs is 1. The lowest BCUT2D eigenvalue weighted by Gasteiger charge is -2.26. The van der Waals surface area contributed by atoms with Crippen LogP contribution >= 0.6 is 0 Å². The molecule has 0 amide bonds. The molecule has 8 nitrogen and oxygen atoms in total. The van der Waals surface area contributed by atoms with E-state index in [2.05, 4.69) is 51.1 Å². The van der Waals surface area contributed by atoms with E-state index in [0.717, 1.165) is 100 Å². The van der Waals surface area contributed by atoms with Gasteiger partial charge in [0.05, 0.1) is 30.7 Å². The number of rotatable bonds is 8. The Kier molecular flexibility index (Phi) is 7.37. The van der Waals surface area contributed by atoms with E-state index in [9.17, 15) is 5.11 Å². The number of unbranched alkanes of at least 4 members (excludes halogenated alkanes) is 1. The number of hydrogen-bond acceptors (Lipinski definition) is 7. The molecule has 2 aromatic heterocycles. The third kappa shape index (κ3) is 5.24. The predicted octanol–water partition coefficient (Wildman–Crippen LogP) is 4.01. The average molecular weight is 465 g/mol. The van der Waals surface area contributed by atoms with Gasteiger partial charge in [0.25, 0.3) is 0 Å². The van der Waals surface area contributed by atoms with Gasteiger partial charge in [-0.15, -0.1) is 0 Å². The molecule has 0 radical (unpaired) electrons. The van der Waals surface area contributed by atoms with Crippen LogP contribution in [0.4, 0.5) is 5.95 Å². The number of morpholine rings is 1. The first-order valence-corrected chi connectivity index (χ1v) is 12.8. The van der Waals surface area contributed by atoms with E-state index >= 15 is 0 Å². The Labute approximate surface area is 201 Å². The lowest BCUT2D eigenvalue weighted by Crippen LogP contribution is -2.35. The molecule has 0 atom stereocenters. The monoisotopic (exact) mass is 464 g/mol. The number of nitrogens with one attached hydrogen (secondary N) is 1. The number of aliphatic hydroxyl groups is 1. The fourth-order valence-corrected chi connectivity index (χ4v) is 4.94. The molecule has 0 bridgehead atoms. The van der Waals surface area contributed by atoms with Crippen LogP contribution in [-0.2, 0) is 11.3 Å². The maximum atomic E-state index is 10.0. The molecule has 3 aromatic rings. The zero-order valence-electron chi connectivity index (χ0n) is 20.1. The molecule has 1 aromatic carbocycles. The van der Waals surface area contributed by atoms with Gasteiger partial charge in [-0.05, 0) is 37.7 Å². The molecule has 34 heavy (non-hydrogen) atoms. The molecule has 3 heterocycles. The molecule has 2 aliphatic rings. The molecule has 1 aliphatic carbocycles. The first-order chi connectivity index (χ1) is 16.7. The number of aromatic nitrogens is 4. The van der Waals surface area contributed by atoms with Crippen molar-refractivity contribution in [2.45, 2.75) is 64.1 Å². The number of nitrogens with zero attached hydrogens (tertiary/aromatic N) is 5. The normalized spacial score (nSPS) is 21.7. The van der Waals surface area contributed by atoms with Crippen LogP contribution in [-0.4, -0.2) is 68.7 Å². The number of anilines is 1. The Balaban J connectivity index is 1.43. The summed E-state index contributed by atoms with van der Waals surface area (Å²) in [6.07, 6.45) is 7.38. The minimum Gasteiger partial charge on any atom is -0.393 e. The third-order valence-electron chi connectivity index (χ3n) is 7.01. The van der Waals surface area contributed by atoms with Crippen molar-refractivity contribution in [2.75, 3.05) is 38.2 Å². The maximum absolute atomic E-state index is 10.0. The molecule has 1 saturated carbocycles. The molecular weight excluding hydrogens is 428 g/mol. The molecule has 1 saturated heterocycles. The van der Waals surface area contributed by atoms with Crippen molar-refractivity contribution in [3.05, 3.63) is 36.0 Å². The zero-order valence-corrected chi connectivity index (χ0v) is 20.1. The first kappa shape index (κ1) is 23.2. The highest BCUT2D eigenvalue weighted by Crippen LogP contribution is 2.34. The Morgan fingerprint density at radius 2 is 1.85 bits per heavy atom. The van der Waals surface area contributed by atoms with E-state index in [1.54, 1.807) is 0 Å². The molecule has 0 unspecified atom stereocenters.